The standard InChI is InChI=1S/C25H20F3N3O2/c1-15-13-23(32)31(19-9-7-18(8-10-19)25(26,27)28)22-11-6-17(14-20(15)22)24(33)30-16(2)21-5-3-4-12-29-21/h3-14,16H,1-2H3,(H,30,33)/t16-/m0/s1. The maximum Gasteiger partial charge on any atom is 0.416 e. The minimum Gasteiger partial charge on any atom is -0.344 e. The lowest BCUT2D eigenvalue weighted by Gasteiger charge is -2.16. The van der Waals surface area contributed by atoms with Crippen LogP contribution in [-0.2, 0) is 6.18 Å². The SMILES string of the molecule is Cc1cc(=O)n(-c2ccc(C(F)(F)F)cc2)c2ccc(C(=O)N[C@@H](C)c3ccccn3)cc12. The summed E-state index contributed by atoms with van der Waals surface area (Å²) in [7, 11) is 0. The van der Waals surface area contributed by atoms with E-state index < -0.39 is 11.7 Å². The summed E-state index contributed by atoms with van der Waals surface area (Å²) in [4.78, 5) is 29.8. The fourth-order valence-electron chi connectivity index (χ4n) is 3.69. The molecule has 0 aliphatic carbocycles. The number of aromatic nitrogens is 2. The zero-order chi connectivity index (χ0) is 23.8. The van der Waals surface area contributed by atoms with Crippen LogP contribution >= 0.6 is 0 Å². The van der Waals surface area contributed by atoms with Gasteiger partial charge in [-0.25, -0.2) is 0 Å². The van der Waals surface area contributed by atoms with Gasteiger partial charge < -0.3 is 5.32 Å². The third-order valence-corrected chi connectivity index (χ3v) is 5.42. The molecule has 4 aromatic rings. The summed E-state index contributed by atoms with van der Waals surface area (Å²) in [5.41, 5.74) is 1.40. The molecule has 2 aromatic heterocycles. The number of pyridine rings is 2. The third-order valence-electron chi connectivity index (χ3n) is 5.42. The second kappa shape index (κ2) is 8.54. The summed E-state index contributed by atoms with van der Waals surface area (Å²) in [5, 5.41) is 3.54. The number of hydrogen-bond acceptors (Lipinski definition) is 3. The van der Waals surface area contributed by atoms with Crippen molar-refractivity contribution in [2.24, 2.45) is 0 Å². The summed E-state index contributed by atoms with van der Waals surface area (Å²) in [6, 6.07) is 15.8. The van der Waals surface area contributed by atoms with Crippen LogP contribution in [0.5, 0.6) is 0 Å². The van der Waals surface area contributed by atoms with Crippen molar-refractivity contribution in [2.45, 2.75) is 26.1 Å². The molecular weight excluding hydrogens is 431 g/mol. The molecule has 0 aliphatic rings. The number of aryl methyl sites for hydroxylation is 1. The van der Waals surface area contributed by atoms with Crippen molar-refractivity contribution in [3.8, 4) is 5.69 Å². The molecule has 8 heteroatoms. The molecule has 0 radical (unpaired) electrons. The zero-order valence-corrected chi connectivity index (χ0v) is 17.9. The molecule has 5 nitrogen and oxygen atoms in total. The summed E-state index contributed by atoms with van der Waals surface area (Å²) < 4.78 is 40.1. The Bertz CT molecular complexity index is 1380. The number of fused-ring (bicyclic) bond motifs is 1. The van der Waals surface area contributed by atoms with Crippen LogP contribution in [0.2, 0.25) is 0 Å². The topological polar surface area (TPSA) is 64.0 Å². The minimum absolute atomic E-state index is 0.304. The van der Waals surface area contributed by atoms with Crippen molar-refractivity contribution in [2.75, 3.05) is 0 Å². The highest BCUT2D eigenvalue weighted by atomic mass is 19.4. The molecule has 2 aromatic carbocycles. The van der Waals surface area contributed by atoms with Crippen molar-refractivity contribution in [3.05, 3.63) is 106 Å². The Hall–Kier alpha value is -3.94. The number of hydrogen-bond donors (Lipinski definition) is 1. The van der Waals surface area contributed by atoms with Gasteiger partial charge >= 0.3 is 6.18 Å². The van der Waals surface area contributed by atoms with Gasteiger partial charge in [0, 0.05) is 28.9 Å². The van der Waals surface area contributed by atoms with E-state index in [-0.39, 0.29) is 17.5 Å². The Kier molecular flexibility index (Phi) is 5.76. The van der Waals surface area contributed by atoms with Crippen molar-refractivity contribution in [1.82, 2.24) is 14.9 Å². The van der Waals surface area contributed by atoms with Crippen molar-refractivity contribution < 1.29 is 18.0 Å². The Labute approximate surface area is 187 Å². The van der Waals surface area contributed by atoms with E-state index >= 15 is 0 Å². The smallest absolute Gasteiger partial charge is 0.344 e. The molecule has 2 heterocycles. The average molecular weight is 451 g/mol. The number of alkyl halides is 3. The summed E-state index contributed by atoms with van der Waals surface area (Å²) in [6.45, 7) is 3.58. The summed E-state index contributed by atoms with van der Waals surface area (Å²) in [5.74, 6) is -0.304. The number of benzene rings is 2. The number of carbonyl (C=O) groups excluding carboxylic acids is 1. The predicted octanol–water partition coefficient (Wildman–Crippen LogP) is 5.20. The van der Waals surface area contributed by atoms with Crippen molar-refractivity contribution in [1.29, 1.82) is 0 Å². The molecule has 0 aliphatic heterocycles. The quantitative estimate of drug-likeness (QED) is 0.464. The number of nitrogens with one attached hydrogen (secondary N) is 1. The first-order valence-corrected chi connectivity index (χ1v) is 10.2. The number of amides is 1. The molecule has 0 fully saturated rings. The van der Waals surface area contributed by atoms with Crippen LogP contribution in [0.3, 0.4) is 0 Å². The molecule has 1 atom stereocenters. The molecule has 0 unspecified atom stereocenters. The van der Waals surface area contributed by atoms with E-state index in [4.69, 9.17) is 0 Å². The van der Waals surface area contributed by atoms with E-state index in [1.54, 1.807) is 37.4 Å². The Morgan fingerprint density at radius 3 is 2.39 bits per heavy atom. The summed E-state index contributed by atoms with van der Waals surface area (Å²) >= 11 is 0. The fourth-order valence-corrected chi connectivity index (χ4v) is 3.69. The van der Waals surface area contributed by atoms with Crippen LogP contribution in [0.15, 0.2) is 77.7 Å². The largest absolute Gasteiger partial charge is 0.416 e. The number of halogens is 3. The maximum absolute atomic E-state index is 12.9. The van der Waals surface area contributed by atoms with E-state index in [1.807, 2.05) is 19.1 Å². The van der Waals surface area contributed by atoms with E-state index in [0.717, 1.165) is 17.8 Å². The zero-order valence-electron chi connectivity index (χ0n) is 17.9. The molecule has 33 heavy (non-hydrogen) atoms. The normalized spacial score (nSPS) is 12.5. The number of carbonyl (C=O) groups is 1. The molecule has 0 bridgehead atoms. The van der Waals surface area contributed by atoms with Crippen LogP contribution in [0.25, 0.3) is 16.6 Å². The molecular formula is C25H20F3N3O2. The van der Waals surface area contributed by atoms with Gasteiger partial charge in [0.25, 0.3) is 11.5 Å². The predicted molar refractivity (Wildman–Crippen MR) is 119 cm³/mol. The van der Waals surface area contributed by atoms with Gasteiger partial charge in [-0.3, -0.25) is 19.1 Å². The monoisotopic (exact) mass is 451 g/mol. The number of nitrogens with zero attached hydrogens (tertiary/aromatic N) is 2. The van der Waals surface area contributed by atoms with E-state index in [9.17, 15) is 22.8 Å². The molecule has 1 amide bonds. The van der Waals surface area contributed by atoms with E-state index in [2.05, 4.69) is 10.3 Å². The first-order valence-electron chi connectivity index (χ1n) is 10.2. The van der Waals surface area contributed by atoms with Crippen LogP contribution in [-0.4, -0.2) is 15.5 Å². The van der Waals surface area contributed by atoms with Gasteiger partial charge in [0.2, 0.25) is 0 Å². The van der Waals surface area contributed by atoms with Crippen LogP contribution < -0.4 is 10.9 Å². The fraction of sp³-hybridized carbons (Fsp3) is 0.160. The van der Waals surface area contributed by atoms with Gasteiger partial charge in [0.1, 0.15) is 0 Å². The number of rotatable bonds is 4. The van der Waals surface area contributed by atoms with Gasteiger partial charge in [-0.15, -0.1) is 0 Å². The molecule has 0 saturated carbocycles. The van der Waals surface area contributed by atoms with Crippen molar-refractivity contribution in [3.63, 3.8) is 0 Å². The lowest BCUT2D eigenvalue weighted by Crippen LogP contribution is -2.27. The highest BCUT2D eigenvalue weighted by molar-refractivity contribution is 5.99. The van der Waals surface area contributed by atoms with Crippen LogP contribution in [0.4, 0.5) is 13.2 Å². The molecule has 4 rings (SSSR count). The first kappa shape index (κ1) is 22.3. The maximum atomic E-state index is 12.9. The van der Waals surface area contributed by atoms with Crippen molar-refractivity contribution >= 4 is 16.8 Å². The van der Waals surface area contributed by atoms with E-state index in [1.165, 1.54) is 22.8 Å². The van der Waals surface area contributed by atoms with Gasteiger partial charge in [-0.1, -0.05) is 6.07 Å². The van der Waals surface area contributed by atoms with Gasteiger partial charge in [0.15, 0.2) is 0 Å². The molecule has 0 spiro atoms. The van der Waals surface area contributed by atoms with Crippen LogP contribution in [0.1, 0.15) is 40.1 Å². The summed E-state index contributed by atoms with van der Waals surface area (Å²) in [6.07, 6.45) is -2.81. The molecule has 1 N–H and O–H groups in total. The van der Waals surface area contributed by atoms with Gasteiger partial charge in [0.05, 0.1) is 22.8 Å². The van der Waals surface area contributed by atoms with Crippen LogP contribution in [0, 0.1) is 6.92 Å². The molecule has 168 valence electrons. The van der Waals surface area contributed by atoms with Gasteiger partial charge in [-0.2, -0.15) is 13.2 Å². The third kappa shape index (κ3) is 4.50. The Balaban J connectivity index is 1.72. The van der Waals surface area contributed by atoms with Gasteiger partial charge in [-0.05, 0) is 74.0 Å². The van der Waals surface area contributed by atoms with E-state index in [0.29, 0.717) is 27.7 Å². The lowest BCUT2D eigenvalue weighted by molar-refractivity contribution is -0.137. The average Bonchev–Trinajstić information content (AvgIpc) is 2.79. The lowest BCUT2D eigenvalue weighted by atomic mass is 10.0. The minimum atomic E-state index is -4.46. The Morgan fingerprint density at radius 2 is 1.76 bits per heavy atom. The molecule has 0 saturated heterocycles. The highest BCUT2D eigenvalue weighted by Crippen LogP contribution is 2.30. The second-order valence-electron chi connectivity index (χ2n) is 7.73. The Morgan fingerprint density at radius 1 is 1.03 bits per heavy atom. The highest BCUT2D eigenvalue weighted by Gasteiger charge is 2.30. The first-order chi connectivity index (χ1) is 15.6. The second-order valence-corrected chi connectivity index (χ2v) is 7.73.